The van der Waals surface area contributed by atoms with E-state index in [9.17, 15) is 13.2 Å². The first-order valence-electron chi connectivity index (χ1n) is 4.22. The molecule has 5 heteroatoms. The quantitative estimate of drug-likeness (QED) is 0.798. The van der Waals surface area contributed by atoms with Crippen molar-refractivity contribution in [2.45, 2.75) is 6.18 Å². The summed E-state index contributed by atoms with van der Waals surface area (Å²) in [6, 6.07) is 4.80. The van der Waals surface area contributed by atoms with Gasteiger partial charge in [0.25, 0.3) is 0 Å². The van der Waals surface area contributed by atoms with E-state index in [0.717, 1.165) is 6.08 Å². The Morgan fingerprint density at radius 3 is 2.20 bits per heavy atom. The zero-order valence-electron chi connectivity index (χ0n) is 7.75. The standard InChI is InChI=1S/C10H10F3NO/c11-10(12,13)9(5-6-14)7-1-3-8(15)4-2-7/h1-5,15H,6,14H2/b9-5+. The van der Waals surface area contributed by atoms with Crippen molar-refractivity contribution in [2.75, 3.05) is 6.54 Å². The number of phenolic OH excluding ortho intramolecular Hbond substituents is 1. The highest BCUT2D eigenvalue weighted by Crippen LogP contribution is 2.33. The second-order valence-corrected chi connectivity index (χ2v) is 2.90. The Balaban J connectivity index is 3.11. The van der Waals surface area contributed by atoms with Crippen molar-refractivity contribution in [3.8, 4) is 5.75 Å². The first-order valence-corrected chi connectivity index (χ1v) is 4.22. The lowest BCUT2D eigenvalue weighted by Gasteiger charge is -2.11. The lowest BCUT2D eigenvalue weighted by atomic mass is 10.1. The maximum Gasteiger partial charge on any atom is 0.416 e. The molecule has 0 amide bonds. The molecule has 0 atom stereocenters. The van der Waals surface area contributed by atoms with Crippen LogP contribution in [0.3, 0.4) is 0 Å². The first-order chi connectivity index (χ1) is 6.95. The van der Waals surface area contributed by atoms with E-state index in [1.807, 2.05) is 0 Å². The summed E-state index contributed by atoms with van der Waals surface area (Å²) in [6.07, 6.45) is -3.53. The van der Waals surface area contributed by atoms with Gasteiger partial charge in [0.05, 0.1) is 5.57 Å². The minimum Gasteiger partial charge on any atom is -0.508 e. The molecule has 1 aromatic rings. The molecule has 0 aliphatic rings. The van der Waals surface area contributed by atoms with E-state index in [0.29, 0.717) is 0 Å². The van der Waals surface area contributed by atoms with Crippen molar-refractivity contribution in [1.29, 1.82) is 0 Å². The summed E-state index contributed by atoms with van der Waals surface area (Å²) >= 11 is 0. The highest BCUT2D eigenvalue weighted by molar-refractivity contribution is 5.70. The lowest BCUT2D eigenvalue weighted by molar-refractivity contribution is -0.0690. The first kappa shape index (κ1) is 11.6. The number of alkyl halides is 3. The van der Waals surface area contributed by atoms with Crippen LogP contribution < -0.4 is 5.73 Å². The van der Waals surface area contributed by atoms with Crippen molar-refractivity contribution in [3.63, 3.8) is 0 Å². The fourth-order valence-electron chi connectivity index (χ4n) is 1.16. The maximum atomic E-state index is 12.5. The number of hydrogen-bond donors (Lipinski definition) is 2. The second-order valence-electron chi connectivity index (χ2n) is 2.90. The highest BCUT2D eigenvalue weighted by Gasteiger charge is 2.34. The summed E-state index contributed by atoms with van der Waals surface area (Å²) in [6.45, 7) is -0.185. The molecule has 0 unspecified atom stereocenters. The fraction of sp³-hybridized carbons (Fsp3) is 0.200. The molecule has 3 N–H and O–H groups in total. The molecular formula is C10H10F3NO. The average molecular weight is 217 g/mol. The van der Waals surface area contributed by atoms with Gasteiger partial charge in [-0.15, -0.1) is 0 Å². The van der Waals surface area contributed by atoms with Crippen LogP contribution in [0, 0.1) is 0 Å². The van der Waals surface area contributed by atoms with Crippen LogP contribution in [0.15, 0.2) is 30.3 Å². The highest BCUT2D eigenvalue weighted by atomic mass is 19.4. The molecule has 0 aliphatic carbocycles. The van der Waals surface area contributed by atoms with Gasteiger partial charge in [-0.05, 0) is 17.7 Å². The summed E-state index contributed by atoms with van der Waals surface area (Å²) in [4.78, 5) is 0. The van der Waals surface area contributed by atoms with Crippen molar-refractivity contribution >= 4 is 5.57 Å². The maximum absolute atomic E-state index is 12.5. The van der Waals surface area contributed by atoms with Crippen LogP contribution in [0.5, 0.6) is 5.75 Å². The molecular weight excluding hydrogens is 207 g/mol. The summed E-state index contributed by atoms with van der Waals surface area (Å²) in [7, 11) is 0. The number of halogens is 3. The number of allylic oxidation sites excluding steroid dienone is 1. The van der Waals surface area contributed by atoms with Crippen molar-refractivity contribution in [1.82, 2.24) is 0 Å². The molecule has 0 radical (unpaired) electrons. The van der Waals surface area contributed by atoms with E-state index >= 15 is 0 Å². The molecule has 0 saturated carbocycles. The van der Waals surface area contributed by atoms with Crippen molar-refractivity contribution in [2.24, 2.45) is 5.73 Å². The molecule has 0 aromatic heterocycles. The smallest absolute Gasteiger partial charge is 0.416 e. The van der Waals surface area contributed by atoms with E-state index in [1.165, 1.54) is 24.3 Å². The van der Waals surface area contributed by atoms with Crippen LogP contribution in [-0.4, -0.2) is 17.8 Å². The van der Waals surface area contributed by atoms with Gasteiger partial charge in [-0.2, -0.15) is 13.2 Å². The van der Waals surface area contributed by atoms with Gasteiger partial charge in [0.1, 0.15) is 5.75 Å². The van der Waals surface area contributed by atoms with E-state index < -0.39 is 11.7 Å². The number of aromatic hydroxyl groups is 1. The Morgan fingerprint density at radius 2 is 1.80 bits per heavy atom. The largest absolute Gasteiger partial charge is 0.508 e. The summed E-state index contributed by atoms with van der Waals surface area (Å²) in [5, 5.41) is 8.95. The molecule has 2 nitrogen and oxygen atoms in total. The minimum atomic E-state index is -4.43. The van der Waals surface area contributed by atoms with Gasteiger partial charge in [0, 0.05) is 6.54 Å². The molecule has 1 aromatic carbocycles. The molecule has 0 fully saturated rings. The Labute approximate surface area is 84.8 Å². The minimum absolute atomic E-state index is 0.00856. The molecule has 82 valence electrons. The molecule has 0 bridgehead atoms. The van der Waals surface area contributed by atoms with Crippen LogP contribution in [0.4, 0.5) is 13.2 Å². The average Bonchev–Trinajstić information content (AvgIpc) is 2.14. The zero-order chi connectivity index (χ0) is 11.5. The van der Waals surface area contributed by atoms with Crippen LogP contribution in [0.2, 0.25) is 0 Å². The second kappa shape index (κ2) is 4.35. The monoisotopic (exact) mass is 217 g/mol. The summed E-state index contributed by atoms with van der Waals surface area (Å²) in [5.41, 5.74) is 4.27. The van der Waals surface area contributed by atoms with Crippen LogP contribution in [-0.2, 0) is 0 Å². The number of nitrogens with two attached hydrogens (primary N) is 1. The summed E-state index contributed by atoms with van der Waals surface area (Å²) < 4.78 is 37.5. The topological polar surface area (TPSA) is 46.2 Å². The SMILES string of the molecule is NC/C=C(\c1ccc(O)cc1)C(F)(F)F. The Bertz CT molecular complexity index is 354. The van der Waals surface area contributed by atoms with Gasteiger partial charge in [0.2, 0.25) is 0 Å². The molecule has 0 spiro atoms. The number of hydrogen-bond acceptors (Lipinski definition) is 2. The molecule has 0 heterocycles. The number of benzene rings is 1. The molecule has 0 saturated heterocycles. The fourth-order valence-corrected chi connectivity index (χ4v) is 1.16. The molecule has 1 rings (SSSR count). The van der Waals surface area contributed by atoms with Crippen LogP contribution in [0.1, 0.15) is 5.56 Å². The third-order valence-electron chi connectivity index (χ3n) is 1.81. The van der Waals surface area contributed by atoms with Crippen LogP contribution >= 0.6 is 0 Å². The van der Waals surface area contributed by atoms with Crippen molar-refractivity contribution < 1.29 is 18.3 Å². The van der Waals surface area contributed by atoms with Crippen molar-refractivity contribution in [3.05, 3.63) is 35.9 Å². The predicted molar refractivity (Wildman–Crippen MR) is 51.2 cm³/mol. The van der Waals surface area contributed by atoms with Gasteiger partial charge < -0.3 is 10.8 Å². The lowest BCUT2D eigenvalue weighted by Crippen LogP contribution is -2.12. The third kappa shape index (κ3) is 2.99. The third-order valence-corrected chi connectivity index (χ3v) is 1.81. The van der Waals surface area contributed by atoms with E-state index in [1.54, 1.807) is 0 Å². The zero-order valence-corrected chi connectivity index (χ0v) is 7.75. The van der Waals surface area contributed by atoms with Gasteiger partial charge in [-0.3, -0.25) is 0 Å². The molecule has 0 aliphatic heterocycles. The Morgan fingerprint density at radius 1 is 1.27 bits per heavy atom. The Hall–Kier alpha value is -1.49. The number of rotatable bonds is 2. The summed E-state index contributed by atoms with van der Waals surface area (Å²) in [5.74, 6) is -0.0759. The number of phenols is 1. The normalized spacial score (nSPS) is 12.9. The molecule has 15 heavy (non-hydrogen) atoms. The predicted octanol–water partition coefficient (Wildman–Crippen LogP) is 2.30. The van der Waals surface area contributed by atoms with Gasteiger partial charge in [-0.25, -0.2) is 0 Å². The Kier molecular flexibility index (Phi) is 3.36. The van der Waals surface area contributed by atoms with Gasteiger partial charge >= 0.3 is 6.18 Å². The van der Waals surface area contributed by atoms with E-state index in [4.69, 9.17) is 10.8 Å². The van der Waals surface area contributed by atoms with E-state index in [-0.39, 0.29) is 17.9 Å². The van der Waals surface area contributed by atoms with Gasteiger partial charge in [-0.1, -0.05) is 18.2 Å². The van der Waals surface area contributed by atoms with Gasteiger partial charge in [0.15, 0.2) is 0 Å². The van der Waals surface area contributed by atoms with E-state index in [2.05, 4.69) is 0 Å². The van der Waals surface area contributed by atoms with Crippen LogP contribution in [0.25, 0.3) is 5.57 Å².